The van der Waals surface area contributed by atoms with E-state index in [1.165, 1.54) is 0 Å². The molecule has 57 nitrogen and oxygen atoms in total. The van der Waals surface area contributed by atoms with Gasteiger partial charge in [-0.15, -0.1) is 0 Å². The standard InChI is InChI=1S/H19O57Si24/c1-59-20-58-21-78(56-80-50-71(13)33-62(4)25-60(2)26-63(5,35-71)37-73(15,52-80)38-64(6,27-60)36-72(14,34-62)51-80)46-69(11,23-59)31-68(10)32-70(12,24-59)47-79(22-58,49-77(19,45-68)48-78)57-81-53-74(16)39-65(7)28-61(3)29-66(8,41-74)43-76(18,55-81)44-67(9,30-61)42-75(17,40-65)54-81/h1-19H. The Labute approximate surface area is 462 Å². The summed E-state index contributed by atoms with van der Waals surface area (Å²) in [6, 6.07) is 0. The van der Waals surface area contributed by atoms with Gasteiger partial charge in [-0.25, -0.2) is 0 Å². The van der Waals surface area contributed by atoms with Gasteiger partial charge in [0.25, 0.3) is 0 Å². The predicted octanol–water partition coefficient (Wildman–Crippen LogP) is -22.3. The summed E-state index contributed by atoms with van der Waals surface area (Å²) in [4.78, 5) is 222. The van der Waals surface area contributed by atoms with Gasteiger partial charge in [0.15, 0.2) is 0 Å². The first kappa shape index (κ1) is 60.2. The molecule has 4 atom stereocenters. The molecule has 18 aliphatic heterocycles. The Kier molecular flexibility index (Phi) is 12.5. The first-order valence-electron chi connectivity index (χ1n) is 19.8. The molecule has 81 heteroatoms. The van der Waals surface area contributed by atoms with Crippen LogP contribution < -0.4 is 0 Å². The Hall–Kier alpha value is 2.93. The third-order valence-electron chi connectivity index (χ3n) is 9.60. The molecular formula is H19O57Si24. The Morgan fingerprint density at radius 2 is 0.272 bits per heavy atom. The van der Waals surface area contributed by atoms with Crippen molar-refractivity contribution in [3.05, 3.63) is 0 Å². The molecule has 18 heterocycles. The molecule has 4 unspecified atom stereocenters. The molecule has 0 aromatic heterocycles. The average Bonchev–Trinajstić information content (AvgIpc) is 0.831. The normalized spacial score (nSPS) is 66.9. The molecule has 0 saturated carbocycles. The lowest BCUT2D eigenvalue weighted by atomic mass is 15.4. The van der Waals surface area contributed by atoms with Crippen molar-refractivity contribution in [3.8, 4) is 0 Å². The van der Waals surface area contributed by atoms with E-state index in [9.17, 15) is 91.1 Å². The minimum absolute atomic E-state index is 4.90. The van der Waals surface area contributed by atoms with Gasteiger partial charge in [-0.1, -0.05) is 0 Å². The van der Waals surface area contributed by atoms with Gasteiger partial charge >= 0.3 is 218 Å². The van der Waals surface area contributed by atoms with E-state index in [0.717, 1.165) is 0 Å². The molecular weight excluding hydrogens is 1590 g/mol. The lowest BCUT2D eigenvalue weighted by molar-refractivity contribution is -0.147. The summed E-state index contributed by atoms with van der Waals surface area (Å²) < 4.78 is 199. The number of hydrogen-bond acceptors (Lipinski definition) is 57. The fourth-order valence-electron chi connectivity index (χ4n) is 7.69. The van der Waals surface area contributed by atoms with Gasteiger partial charge in [0.05, 0.1) is 0 Å². The third-order valence-corrected chi connectivity index (χ3v) is 86.4. The zero-order valence-corrected chi connectivity index (χ0v) is 60.0. The van der Waals surface area contributed by atoms with Crippen LogP contribution in [0.3, 0.4) is 0 Å². The minimum Gasteiger partial charge on any atom is -0.369 e. The van der Waals surface area contributed by atoms with Crippen LogP contribution in [0.2, 0.25) is 0 Å². The molecule has 0 aromatic carbocycles. The van der Waals surface area contributed by atoms with Crippen molar-refractivity contribution < 1.29 is 247 Å². The van der Waals surface area contributed by atoms with Gasteiger partial charge in [0, 0.05) is 0 Å². The number of rotatable bonds is 4. The van der Waals surface area contributed by atoms with Crippen LogP contribution in [0.25, 0.3) is 0 Å². The van der Waals surface area contributed by atoms with E-state index < -0.39 is 218 Å². The molecule has 457 valence electrons. The second kappa shape index (κ2) is 16.8. The zero-order chi connectivity index (χ0) is 57.9. The molecule has 18 rings (SSSR count). The van der Waals surface area contributed by atoms with Crippen LogP contribution in [0.15, 0.2) is 0 Å². The lowest BCUT2D eigenvalue weighted by Crippen LogP contribution is -2.92. The second-order valence-corrected chi connectivity index (χ2v) is 71.5. The molecule has 0 aliphatic carbocycles. The molecule has 18 aliphatic rings. The third kappa shape index (κ3) is 10.5. The van der Waals surface area contributed by atoms with E-state index in [1.54, 1.807) is 0 Å². The second-order valence-electron chi connectivity index (χ2n) is 16.1. The number of hydrogen-bond donors (Lipinski definition) is 19. The summed E-state index contributed by atoms with van der Waals surface area (Å²) in [5.41, 5.74) is 0. The summed E-state index contributed by atoms with van der Waals surface area (Å²) in [5.74, 6) is 0. The van der Waals surface area contributed by atoms with Crippen molar-refractivity contribution in [2.24, 2.45) is 0 Å². The molecule has 24 bridgehead atoms. The lowest BCUT2D eigenvalue weighted by Gasteiger charge is -2.56. The van der Waals surface area contributed by atoms with Crippen molar-refractivity contribution in [1.29, 1.82) is 0 Å². The van der Waals surface area contributed by atoms with Gasteiger partial charge < -0.3 is 247 Å². The van der Waals surface area contributed by atoms with Crippen LogP contribution in [0.5, 0.6) is 0 Å². The Morgan fingerprint density at radius 1 is 0.148 bits per heavy atom. The van der Waals surface area contributed by atoms with E-state index in [1.807, 2.05) is 0 Å². The highest BCUT2D eigenvalue weighted by Crippen LogP contribution is 2.52. The van der Waals surface area contributed by atoms with E-state index in [-0.39, 0.29) is 0 Å². The van der Waals surface area contributed by atoms with Crippen LogP contribution in [-0.4, -0.2) is 309 Å². The summed E-state index contributed by atoms with van der Waals surface area (Å²) >= 11 is 0. The molecule has 0 amide bonds. The van der Waals surface area contributed by atoms with E-state index in [4.69, 9.17) is 156 Å². The summed E-state index contributed by atoms with van der Waals surface area (Å²) in [6.45, 7) is 0. The van der Waals surface area contributed by atoms with Gasteiger partial charge in [-0.3, -0.25) is 0 Å². The van der Waals surface area contributed by atoms with Crippen LogP contribution in [0, 0.1) is 0 Å². The largest absolute Gasteiger partial charge is 0.659 e. The zero-order valence-electron chi connectivity index (χ0n) is 36.0. The summed E-state index contributed by atoms with van der Waals surface area (Å²) in [7, 11) is -157. The summed E-state index contributed by atoms with van der Waals surface area (Å²) in [6.07, 6.45) is 0. The first-order valence-corrected chi connectivity index (χ1v) is 59.3. The Balaban J connectivity index is 0.885. The Morgan fingerprint density at radius 3 is 0.444 bits per heavy atom. The highest BCUT2D eigenvalue weighted by molar-refractivity contribution is 7.02. The van der Waals surface area contributed by atoms with Crippen molar-refractivity contribution in [1.82, 2.24) is 0 Å². The molecule has 19 N–H and O–H groups in total. The van der Waals surface area contributed by atoms with Crippen molar-refractivity contribution in [2.45, 2.75) is 0 Å². The van der Waals surface area contributed by atoms with Crippen molar-refractivity contribution in [3.63, 3.8) is 0 Å². The fourth-order valence-corrected chi connectivity index (χ4v) is 101. The smallest absolute Gasteiger partial charge is 0.369 e. The van der Waals surface area contributed by atoms with Gasteiger partial charge in [-0.2, -0.15) is 0 Å². The van der Waals surface area contributed by atoms with E-state index in [0.29, 0.717) is 0 Å². The fraction of sp³-hybridized carbons (Fsp3) is 0. The molecule has 0 spiro atoms. The molecule has 18 fully saturated rings. The predicted molar refractivity (Wildman–Crippen MR) is 221 cm³/mol. The monoisotopic (exact) mass is 1600 g/mol. The molecule has 1 radical (unpaired) electrons. The maximum atomic E-state index is 12.6. The maximum Gasteiger partial charge on any atom is 0.659 e. The van der Waals surface area contributed by atoms with Crippen LogP contribution in [0.4, 0.5) is 0 Å². The SMILES string of the molecule is O[Si]12O[Si]3O[Si]4(O[Si]56O[Si]7(O)O[Si]8(O)O[Si]9(O)O[Si](O)(O7)O[Si](O)(O[Si](O)(O9)O[Si](O)(O8)O5)O6)O[Si](O)(O1)O[Si]1(O)O[Si](O)(O2)O[Si](O[Si]25O[Si]6(O)O[Si]7(O)O[Si]8(O)O[Si](O)(O6)O[Si](O)(O[Si](O)(O8)O[Si](O)(O7)O2)O5)(O3)O[Si](O)(O1)O4. The molecule has 0 aromatic rings. The highest BCUT2D eigenvalue weighted by Gasteiger charge is 2.95. The van der Waals surface area contributed by atoms with Crippen molar-refractivity contribution >= 4 is 218 Å². The van der Waals surface area contributed by atoms with Gasteiger partial charge in [0.1, 0.15) is 0 Å². The molecule has 18 saturated heterocycles. The van der Waals surface area contributed by atoms with E-state index in [2.05, 4.69) is 0 Å². The average molecular weight is 1610 g/mol. The minimum atomic E-state index is -7.14. The van der Waals surface area contributed by atoms with Crippen LogP contribution in [-0.2, 0) is 156 Å². The van der Waals surface area contributed by atoms with Crippen LogP contribution >= 0.6 is 0 Å². The highest BCUT2D eigenvalue weighted by atomic mass is 28.7. The summed E-state index contributed by atoms with van der Waals surface area (Å²) in [5, 5.41) is 0. The quantitative estimate of drug-likeness (QED) is 0.116. The Bertz CT molecular complexity index is 2330. The van der Waals surface area contributed by atoms with Crippen LogP contribution in [0.1, 0.15) is 0 Å². The maximum absolute atomic E-state index is 12.6. The van der Waals surface area contributed by atoms with Gasteiger partial charge in [-0.05, 0) is 0 Å². The van der Waals surface area contributed by atoms with Gasteiger partial charge in [0.2, 0.25) is 0 Å². The topological polar surface area (TPSA) is 735 Å². The molecule has 81 heavy (non-hydrogen) atoms. The first-order chi connectivity index (χ1) is 36.5. The van der Waals surface area contributed by atoms with E-state index >= 15 is 0 Å². The van der Waals surface area contributed by atoms with Crippen molar-refractivity contribution in [2.75, 3.05) is 0 Å².